The Morgan fingerprint density at radius 2 is 1.83 bits per heavy atom. The monoisotopic (exact) mass is 435 g/mol. The van der Waals surface area contributed by atoms with Gasteiger partial charge in [0.1, 0.15) is 5.75 Å². The summed E-state index contributed by atoms with van der Waals surface area (Å²) in [6, 6.07) is 9.39. The minimum Gasteiger partial charge on any atom is -0.435 e. The van der Waals surface area contributed by atoms with Crippen LogP contribution in [0.1, 0.15) is 32.3 Å². The van der Waals surface area contributed by atoms with Gasteiger partial charge in [0.25, 0.3) is 11.8 Å². The van der Waals surface area contributed by atoms with Crippen molar-refractivity contribution < 1.29 is 23.1 Å². The van der Waals surface area contributed by atoms with Crippen molar-refractivity contribution in [2.45, 2.75) is 20.0 Å². The molecular formula is C19H19F2N5O3S. The van der Waals surface area contributed by atoms with Gasteiger partial charge >= 0.3 is 6.61 Å². The van der Waals surface area contributed by atoms with E-state index >= 15 is 0 Å². The first-order valence-electron chi connectivity index (χ1n) is 9.03. The molecule has 2 aromatic heterocycles. The largest absolute Gasteiger partial charge is 0.435 e. The van der Waals surface area contributed by atoms with Crippen LogP contribution < -0.4 is 15.4 Å². The van der Waals surface area contributed by atoms with E-state index in [1.807, 2.05) is 5.38 Å². The molecule has 1 aromatic carbocycles. The van der Waals surface area contributed by atoms with Gasteiger partial charge in [-0.1, -0.05) is 11.3 Å². The lowest BCUT2D eigenvalue weighted by Gasteiger charge is -2.07. The van der Waals surface area contributed by atoms with Crippen LogP contribution in [0.5, 0.6) is 5.75 Å². The second kappa shape index (κ2) is 9.92. The van der Waals surface area contributed by atoms with E-state index in [-0.39, 0.29) is 23.3 Å². The van der Waals surface area contributed by atoms with Gasteiger partial charge in [0, 0.05) is 13.1 Å². The van der Waals surface area contributed by atoms with Gasteiger partial charge < -0.3 is 15.4 Å². The number of amides is 2. The highest BCUT2D eigenvalue weighted by Gasteiger charge is 2.17. The Bertz CT molecular complexity index is 990. The summed E-state index contributed by atoms with van der Waals surface area (Å²) >= 11 is 1.36. The molecule has 11 heteroatoms. The molecule has 3 aromatic rings. The topological polar surface area (TPSA) is 98.1 Å². The number of alkyl halides is 2. The molecule has 0 aliphatic carbocycles. The summed E-state index contributed by atoms with van der Waals surface area (Å²) in [7, 11) is 0. The number of benzene rings is 1. The molecule has 2 heterocycles. The molecule has 0 bridgehead atoms. The van der Waals surface area contributed by atoms with Crippen molar-refractivity contribution in [3.05, 3.63) is 58.0 Å². The third kappa shape index (κ3) is 5.38. The zero-order valence-corrected chi connectivity index (χ0v) is 16.8. The molecule has 0 aliphatic heterocycles. The fraction of sp³-hybridized carbons (Fsp3) is 0.263. The van der Waals surface area contributed by atoms with Crippen molar-refractivity contribution in [3.63, 3.8) is 0 Å². The Kier molecular flexibility index (Phi) is 7.07. The maximum atomic E-state index is 12.4. The van der Waals surface area contributed by atoms with Crippen molar-refractivity contribution in [3.8, 4) is 11.4 Å². The number of hydrogen-bond acceptors (Lipinski definition) is 6. The third-order valence-corrected chi connectivity index (χ3v) is 4.95. The molecule has 8 nitrogen and oxygen atoms in total. The molecule has 158 valence electrons. The van der Waals surface area contributed by atoms with Crippen LogP contribution in [0.25, 0.3) is 5.69 Å². The van der Waals surface area contributed by atoms with Crippen molar-refractivity contribution in [1.82, 2.24) is 25.6 Å². The van der Waals surface area contributed by atoms with Gasteiger partial charge in [-0.15, -0.1) is 16.4 Å². The number of nitrogens with zero attached hydrogens (tertiary/aromatic N) is 3. The molecule has 0 fully saturated rings. The number of hydrogen-bond donors (Lipinski definition) is 2. The lowest BCUT2D eigenvalue weighted by molar-refractivity contribution is -0.0498. The molecule has 0 spiro atoms. The van der Waals surface area contributed by atoms with E-state index in [2.05, 4.69) is 25.7 Å². The summed E-state index contributed by atoms with van der Waals surface area (Å²) in [4.78, 5) is 24.8. The Balaban J connectivity index is 1.50. The minimum atomic E-state index is -2.90. The third-order valence-electron chi connectivity index (χ3n) is 4.09. The van der Waals surface area contributed by atoms with Crippen LogP contribution >= 0.6 is 11.3 Å². The molecule has 0 aliphatic rings. The predicted octanol–water partition coefficient (Wildman–Crippen LogP) is 2.79. The minimum absolute atomic E-state index is 0.0238. The maximum absolute atomic E-state index is 12.4. The Hall–Kier alpha value is -3.34. The van der Waals surface area contributed by atoms with E-state index in [1.165, 1.54) is 40.3 Å². The number of aromatic nitrogens is 3. The number of rotatable bonds is 9. The van der Waals surface area contributed by atoms with E-state index < -0.39 is 6.61 Å². The van der Waals surface area contributed by atoms with Gasteiger partial charge in [0.15, 0.2) is 5.69 Å². The van der Waals surface area contributed by atoms with Gasteiger partial charge in [-0.3, -0.25) is 9.59 Å². The van der Waals surface area contributed by atoms with Crippen LogP contribution in [0, 0.1) is 6.92 Å². The Morgan fingerprint density at radius 3 is 2.47 bits per heavy atom. The second-order valence-electron chi connectivity index (χ2n) is 6.15. The van der Waals surface area contributed by atoms with Gasteiger partial charge in [-0.2, -0.15) is 8.78 Å². The molecule has 0 atom stereocenters. The van der Waals surface area contributed by atoms with Crippen LogP contribution in [-0.4, -0.2) is 46.5 Å². The summed E-state index contributed by atoms with van der Waals surface area (Å²) in [5, 5.41) is 15.2. The smallest absolute Gasteiger partial charge is 0.387 e. The number of carbonyl (C=O) groups excluding carboxylic acids is 2. The lowest BCUT2D eigenvalue weighted by Crippen LogP contribution is -2.30. The van der Waals surface area contributed by atoms with E-state index in [9.17, 15) is 18.4 Å². The van der Waals surface area contributed by atoms with Crippen LogP contribution in [-0.2, 0) is 0 Å². The average molecular weight is 435 g/mol. The summed E-state index contributed by atoms with van der Waals surface area (Å²) in [5.41, 5.74) is 1.21. The Morgan fingerprint density at radius 1 is 1.13 bits per heavy atom. The van der Waals surface area contributed by atoms with E-state index in [1.54, 1.807) is 19.1 Å². The molecule has 2 amide bonds. The number of halogens is 2. The van der Waals surface area contributed by atoms with Crippen LogP contribution in [0.3, 0.4) is 0 Å². The highest BCUT2D eigenvalue weighted by Crippen LogP contribution is 2.18. The van der Waals surface area contributed by atoms with Crippen molar-refractivity contribution in [1.29, 1.82) is 0 Å². The van der Waals surface area contributed by atoms with Gasteiger partial charge in [-0.25, -0.2) is 4.68 Å². The summed E-state index contributed by atoms with van der Waals surface area (Å²) in [5.74, 6) is -0.503. The van der Waals surface area contributed by atoms with Crippen LogP contribution in [0.15, 0.2) is 41.8 Å². The molecule has 2 N–H and O–H groups in total. The van der Waals surface area contributed by atoms with E-state index in [4.69, 9.17) is 0 Å². The maximum Gasteiger partial charge on any atom is 0.387 e. The standard InChI is InChI=1S/C19H19F2N5O3S/c1-12-16(18(28)23-10-3-9-22-17(27)15-4-2-11-30-15)24-25-26(12)13-5-7-14(8-6-13)29-19(20)21/h2,4-8,11,19H,3,9-10H2,1H3,(H,22,27)(H,23,28). The van der Waals surface area contributed by atoms with Gasteiger partial charge in [-0.05, 0) is 49.1 Å². The summed E-state index contributed by atoms with van der Waals surface area (Å²) < 4.78 is 30.2. The number of ether oxygens (including phenoxy) is 1. The highest BCUT2D eigenvalue weighted by molar-refractivity contribution is 7.12. The predicted molar refractivity (Wildman–Crippen MR) is 106 cm³/mol. The first-order chi connectivity index (χ1) is 14.5. The fourth-order valence-electron chi connectivity index (χ4n) is 2.62. The second-order valence-corrected chi connectivity index (χ2v) is 7.10. The first-order valence-corrected chi connectivity index (χ1v) is 9.91. The van der Waals surface area contributed by atoms with Crippen LogP contribution in [0.4, 0.5) is 8.78 Å². The molecule has 30 heavy (non-hydrogen) atoms. The highest BCUT2D eigenvalue weighted by atomic mass is 32.1. The zero-order valence-electron chi connectivity index (χ0n) is 16.0. The summed E-state index contributed by atoms with van der Waals surface area (Å²) in [6.07, 6.45) is 0.557. The quantitative estimate of drug-likeness (QED) is 0.504. The number of carbonyl (C=O) groups is 2. The summed E-state index contributed by atoms with van der Waals surface area (Å²) in [6.45, 7) is -0.436. The zero-order chi connectivity index (χ0) is 21.5. The molecule has 0 saturated carbocycles. The van der Waals surface area contributed by atoms with Crippen LogP contribution in [0.2, 0.25) is 0 Å². The molecule has 0 unspecified atom stereocenters. The number of thiophene rings is 1. The van der Waals surface area contributed by atoms with E-state index in [0.29, 0.717) is 35.8 Å². The molecule has 3 rings (SSSR count). The van der Waals surface area contributed by atoms with Crippen molar-refractivity contribution in [2.24, 2.45) is 0 Å². The first kappa shape index (κ1) is 21.4. The molecule has 0 radical (unpaired) electrons. The fourth-order valence-corrected chi connectivity index (χ4v) is 3.26. The van der Waals surface area contributed by atoms with Gasteiger partial charge in [0.05, 0.1) is 16.3 Å². The lowest BCUT2D eigenvalue weighted by atomic mass is 10.2. The average Bonchev–Trinajstić information content (AvgIpc) is 3.38. The number of nitrogens with one attached hydrogen (secondary N) is 2. The Labute approximate surface area is 174 Å². The van der Waals surface area contributed by atoms with Crippen molar-refractivity contribution >= 4 is 23.2 Å². The van der Waals surface area contributed by atoms with Crippen molar-refractivity contribution in [2.75, 3.05) is 13.1 Å². The molecule has 0 saturated heterocycles. The van der Waals surface area contributed by atoms with E-state index in [0.717, 1.165) is 0 Å². The normalized spacial score (nSPS) is 10.8. The van der Waals surface area contributed by atoms with Gasteiger partial charge in [0.2, 0.25) is 0 Å². The molecular weight excluding hydrogens is 416 g/mol. The SMILES string of the molecule is Cc1c(C(=O)NCCCNC(=O)c2cccs2)nnn1-c1ccc(OC(F)F)cc1.